The number of imidazole rings is 1. The summed E-state index contributed by atoms with van der Waals surface area (Å²) in [6.45, 7) is 1.76. The molecule has 2 unspecified atom stereocenters. The van der Waals surface area contributed by atoms with E-state index in [0.717, 1.165) is 18.8 Å². The maximum absolute atomic E-state index is 13.8. The molecule has 3 aromatic heterocycles. The molecule has 1 saturated heterocycles. The van der Waals surface area contributed by atoms with Crippen LogP contribution in [0.1, 0.15) is 17.6 Å². The van der Waals surface area contributed by atoms with Gasteiger partial charge in [0.25, 0.3) is 5.56 Å². The number of aromatic nitrogens is 6. The fourth-order valence-electron chi connectivity index (χ4n) is 4.60. The molecule has 11 heteroatoms. The molecule has 0 radical (unpaired) electrons. The Bertz CT molecular complexity index is 1370. The summed E-state index contributed by atoms with van der Waals surface area (Å²) in [6.07, 6.45) is 3.00. The Labute approximate surface area is 180 Å². The molecule has 9 nitrogen and oxygen atoms in total. The van der Waals surface area contributed by atoms with Crippen molar-refractivity contribution >= 4 is 28.5 Å². The second-order valence-corrected chi connectivity index (χ2v) is 8.52. The van der Waals surface area contributed by atoms with Crippen molar-refractivity contribution in [1.82, 2.24) is 29.2 Å². The first kappa shape index (κ1) is 18.5. The van der Waals surface area contributed by atoms with Crippen molar-refractivity contribution in [3.05, 3.63) is 63.8 Å². The highest BCUT2D eigenvalue weighted by Crippen LogP contribution is 2.58. The zero-order valence-electron chi connectivity index (χ0n) is 16.4. The second kappa shape index (κ2) is 6.61. The van der Waals surface area contributed by atoms with Crippen molar-refractivity contribution in [3.8, 4) is 0 Å². The molecular weight excluding hydrogens is 425 g/mol. The van der Waals surface area contributed by atoms with Crippen LogP contribution in [0.5, 0.6) is 0 Å². The molecule has 158 valence electrons. The molecular formula is C20H17ClFN7O2. The lowest BCUT2D eigenvalue weighted by atomic mass is 10.2. The standard InChI is InChI=1S/C20H17ClFN7O2/c1-27-8-23-19-17(27)20(30)29(9-24-19)7-15-25-18(26-31-15)16-11-5-28(6-12(11)16)10-2-3-13(21)14(22)4-10/h2-4,8-9,11-12,16H,5-7H2,1H3/t11-,12?,16?/m1/s1. The zero-order valence-corrected chi connectivity index (χ0v) is 17.2. The Morgan fingerprint density at radius 1 is 1.23 bits per heavy atom. The van der Waals surface area contributed by atoms with Crippen molar-refractivity contribution < 1.29 is 8.91 Å². The van der Waals surface area contributed by atoms with Crippen LogP contribution in [-0.4, -0.2) is 42.3 Å². The lowest BCUT2D eigenvalue weighted by molar-refractivity contribution is 0.363. The highest BCUT2D eigenvalue weighted by Gasteiger charge is 2.58. The smallest absolute Gasteiger partial charge is 0.280 e. The van der Waals surface area contributed by atoms with E-state index < -0.39 is 5.82 Å². The number of fused-ring (bicyclic) bond motifs is 2. The summed E-state index contributed by atoms with van der Waals surface area (Å²) >= 11 is 5.78. The summed E-state index contributed by atoms with van der Waals surface area (Å²) < 4.78 is 22.2. The van der Waals surface area contributed by atoms with E-state index in [2.05, 4.69) is 25.0 Å². The van der Waals surface area contributed by atoms with Crippen molar-refractivity contribution in [3.63, 3.8) is 0 Å². The van der Waals surface area contributed by atoms with Crippen molar-refractivity contribution in [2.75, 3.05) is 18.0 Å². The SMILES string of the molecule is Cn1cnc2ncn(Cc3nc(C4C5CN(c6ccc(Cl)c(F)c6)C[C@H]54)no3)c(=O)c21. The molecule has 3 atom stereocenters. The first-order valence-corrected chi connectivity index (χ1v) is 10.3. The highest BCUT2D eigenvalue weighted by atomic mass is 35.5. The van der Waals surface area contributed by atoms with E-state index >= 15 is 0 Å². The van der Waals surface area contributed by atoms with Crippen LogP contribution in [0.2, 0.25) is 5.02 Å². The second-order valence-electron chi connectivity index (χ2n) is 8.11. The van der Waals surface area contributed by atoms with Gasteiger partial charge in [-0.2, -0.15) is 4.98 Å². The van der Waals surface area contributed by atoms with Gasteiger partial charge < -0.3 is 14.0 Å². The fourth-order valence-corrected chi connectivity index (χ4v) is 4.72. The minimum atomic E-state index is -0.409. The third kappa shape index (κ3) is 2.93. The number of benzene rings is 1. The quantitative estimate of drug-likeness (QED) is 0.479. The van der Waals surface area contributed by atoms with Crippen LogP contribution in [0, 0.1) is 17.7 Å². The van der Waals surface area contributed by atoms with Gasteiger partial charge >= 0.3 is 0 Å². The van der Waals surface area contributed by atoms with Gasteiger partial charge in [-0.1, -0.05) is 16.8 Å². The number of nitrogens with zero attached hydrogens (tertiary/aromatic N) is 7. The van der Waals surface area contributed by atoms with Gasteiger partial charge in [0.15, 0.2) is 17.0 Å². The lowest BCUT2D eigenvalue weighted by Gasteiger charge is -2.21. The maximum Gasteiger partial charge on any atom is 0.280 e. The topological polar surface area (TPSA) is 94.9 Å². The number of aryl methyl sites for hydroxylation is 1. The van der Waals surface area contributed by atoms with Crippen molar-refractivity contribution in [2.45, 2.75) is 12.5 Å². The summed E-state index contributed by atoms with van der Waals surface area (Å²) in [4.78, 5) is 27.6. The highest BCUT2D eigenvalue weighted by molar-refractivity contribution is 6.30. The molecule has 0 N–H and O–H groups in total. The maximum atomic E-state index is 13.8. The summed E-state index contributed by atoms with van der Waals surface area (Å²) in [7, 11) is 1.75. The van der Waals surface area contributed by atoms with Crippen LogP contribution in [0.4, 0.5) is 10.1 Å². The lowest BCUT2D eigenvalue weighted by Crippen LogP contribution is -2.24. The molecule has 1 aliphatic heterocycles. The number of rotatable bonds is 4. The Morgan fingerprint density at radius 2 is 2.00 bits per heavy atom. The third-order valence-corrected chi connectivity index (χ3v) is 6.56. The molecule has 1 saturated carbocycles. The predicted molar refractivity (Wildman–Crippen MR) is 110 cm³/mol. The molecule has 2 fully saturated rings. The largest absolute Gasteiger partial charge is 0.371 e. The average molecular weight is 442 g/mol. The first-order valence-electron chi connectivity index (χ1n) is 9.88. The normalized spacial score (nSPS) is 22.3. The third-order valence-electron chi connectivity index (χ3n) is 6.25. The average Bonchev–Trinajstić information content (AvgIpc) is 3.18. The van der Waals surface area contributed by atoms with Gasteiger partial charge in [0, 0.05) is 31.7 Å². The van der Waals surface area contributed by atoms with Gasteiger partial charge in [0.2, 0.25) is 5.89 Å². The minimum Gasteiger partial charge on any atom is -0.371 e. The van der Waals surface area contributed by atoms with Crippen molar-refractivity contribution in [1.29, 1.82) is 0 Å². The molecule has 0 amide bonds. The summed E-state index contributed by atoms with van der Waals surface area (Å²) in [5, 5.41) is 4.27. The Hall–Kier alpha value is -3.27. The van der Waals surface area contributed by atoms with E-state index in [1.165, 1.54) is 17.0 Å². The summed E-state index contributed by atoms with van der Waals surface area (Å²) in [5.74, 6) is 1.64. The summed E-state index contributed by atoms with van der Waals surface area (Å²) in [5.41, 5.74) is 1.46. The van der Waals surface area contributed by atoms with E-state index in [0.29, 0.717) is 34.7 Å². The van der Waals surface area contributed by atoms with Gasteiger partial charge in [-0.3, -0.25) is 9.36 Å². The van der Waals surface area contributed by atoms with E-state index in [1.807, 2.05) is 6.07 Å². The van der Waals surface area contributed by atoms with E-state index in [9.17, 15) is 9.18 Å². The number of hydrogen-bond acceptors (Lipinski definition) is 7. The monoisotopic (exact) mass is 441 g/mol. The minimum absolute atomic E-state index is 0.127. The zero-order chi connectivity index (χ0) is 21.3. The molecule has 1 aromatic carbocycles. The molecule has 0 bridgehead atoms. The molecule has 4 heterocycles. The molecule has 0 spiro atoms. The summed E-state index contributed by atoms with van der Waals surface area (Å²) in [6, 6.07) is 4.89. The van der Waals surface area contributed by atoms with Crippen LogP contribution in [0.25, 0.3) is 11.2 Å². The van der Waals surface area contributed by atoms with E-state index in [1.54, 1.807) is 24.0 Å². The van der Waals surface area contributed by atoms with Crippen LogP contribution in [-0.2, 0) is 13.6 Å². The van der Waals surface area contributed by atoms with Gasteiger partial charge in [0.1, 0.15) is 18.7 Å². The van der Waals surface area contributed by atoms with Crippen molar-refractivity contribution in [2.24, 2.45) is 18.9 Å². The van der Waals surface area contributed by atoms with E-state index in [-0.39, 0.29) is 23.0 Å². The number of hydrogen-bond donors (Lipinski definition) is 0. The van der Waals surface area contributed by atoms with Crippen LogP contribution in [0.15, 0.2) is 40.2 Å². The fraction of sp³-hybridized carbons (Fsp3) is 0.350. The van der Waals surface area contributed by atoms with Gasteiger partial charge in [-0.15, -0.1) is 0 Å². The first-order chi connectivity index (χ1) is 15.0. The molecule has 31 heavy (non-hydrogen) atoms. The number of piperidine rings is 1. The van der Waals surface area contributed by atoms with Gasteiger partial charge in [-0.05, 0) is 30.0 Å². The molecule has 2 aliphatic rings. The molecule has 6 rings (SSSR count). The van der Waals surface area contributed by atoms with E-state index in [4.69, 9.17) is 16.1 Å². The number of halogens is 2. The molecule has 4 aromatic rings. The Morgan fingerprint density at radius 3 is 2.77 bits per heavy atom. The van der Waals surface area contributed by atoms with Gasteiger partial charge in [-0.25, -0.2) is 14.4 Å². The predicted octanol–water partition coefficient (Wildman–Crippen LogP) is 2.20. The molecule has 1 aliphatic carbocycles. The van der Waals surface area contributed by atoms with Gasteiger partial charge in [0.05, 0.1) is 11.3 Å². The Kier molecular flexibility index (Phi) is 3.95. The van der Waals surface area contributed by atoms with Crippen LogP contribution >= 0.6 is 11.6 Å². The number of anilines is 1. The Balaban J connectivity index is 1.16. The van der Waals surface area contributed by atoms with Crippen LogP contribution < -0.4 is 10.5 Å². The van der Waals surface area contributed by atoms with Crippen LogP contribution in [0.3, 0.4) is 0 Å².